The Bertz CT molecular complexity index is 578. The molecule has 0 saturated heterocycles. The Hall–Kier alpha value is -1.96. The summed E-state index contributed by atoms with van der Waals surface area (Å²) in [4.78, 5) is 1.84. The molecule has 1 aliphatic rings. The first-order valence-corrected chi connectivity index (χ1v) is 8.04. The highest BCUT2D eigenvalue weighted by molar-refractivity contribution is 6.87. The van der Waals surface area contributed by atoms with Crippen LogP contribution in [0.2, 0.25) is 0 Å². The molecule has 23 heavy (non-hydrogen) atoms. The fourth-order valence-corrected chi connectivity index (χ4v) is 2.41. The van der Waals surface area contributed by atoms with Crippen LogP contribution in [0.1, 0.15) is 34.1 Å². The van der Waals surface area contributed by atoms with E-state index >= 15 is 0 Å². The summed E-state index contributed by atoms with van der Waals surface area (Å²) in [5, 5.41) is 4.68. The van der Waals surface area contributed by atoms with Crippen molar-refractivity contribution in [1.82, 2.24) is 4.92 Å². The Morgan fingerprint density at radius 1 is 1.09 bits per heavy atom. The predicted molar refractivity (Wildman–Crippen MR) is 105 cm³/mol. The highest BCUT2D eigenvalue weighted by Crippen LogP contribution is 2.25. The molecule has 0 spiro atoms. The zero-order valence-corrected chi connectivity index (χ0v) is 14.6. The lowest BCUT2D eigenvalue weighted by Crippen LogP contribution is -2.31. The van der Waals surface area contributed by atoms with Gasteiger partial charge in [0, 0.05) is 14.2 Å². The van der Waals surface area contributed by atoms with Crippen molar-refractivity contribution < 1.29 is 0 Å². The third-order valence-corrected chi connectivity index (χ3v) is 3.55. The summed E-state index contributed by atoms with van der Waals surface area (Å²) >= 11 is 0. The van der Waals surface area contributed by atoms with E-state index in [4.69, 9.17) is 7.74 Å². The molecule has 1 heterocycles. The Kier molecular flexibility index (Phi) is 8.89. The third-order valence-electron chi connectivity index (χ3n) is 3.55. The molecule has 3 radical (unpaired) electrons. The fourth-order valence-electron chi connectivity index (χ4n) is 2.41. The van der Waals surface area contributed by atoms with Crippen molar-refractivity contribution in [3.63, 3.8) is 0 Å². The number of rotatable bonds is 7. The molecule has 0 aromatic heterocycles. The number of hydrogen-bond acceptors (Lipinski definition) is 2. The number of hydrogen-bond donors (Lipinski definition) is 0. The summed E-state index contributed by atoms with van der Waals surface area (Å²) in [5.41, 5.74) is 3.37. The van der Waals surface area contributed by atoms with Gasteiger partial charge in [-0.25, -0.2) is 0 Å². The molecule has 0 aliphatic carbocycles. The maximum atomic E-state index is 5.79. The summed E-state index contributed by atoms with van der Waals surface area (Å²) in [6.07, 6.45) is 21.4. The van der Waals surface area contributed by atoms with Crippen molar-refractivity contribution in [3.8, 4) is 0 Å². The lowest BCUT2D eigenvalue weighted by Gasteiger charge is -2.23. The second kappa shape index (κ2) is 10.7. The Morgan fingerprint density at radius 2 is 1.83 bits per heavy atom. The molecular weight excluding hydrogens is 278 g/mol. The summed E-state index contributed by atoms with van der Waals surface area (Å²) < 4.78 is 0. The van der Waals surface area contributed by atoms with Crippen LogP contribution in [-0.4, -0.2) is 31.7 Å². The van der Waals surface area contributed by atoms with Crippen molar-refractivity contribution in [3.05, 3.63) is 71.9 Å². The lowest BCUT2D eigenvalue weighted by molar-refractivity contribution is 0.437. The smallest absolute Gasteiger partial charge is 0.212 e. The van der Waals surface area contributed by atoms with E-state index in [1.54, 1.807) is 7.31 Å². The first-order valence-electron chi connectivity index (χ1n) is 8.04. The van der Waals surface area contributed by atoms with Crippen LogP contribution in [0.5, 0.6) is 0 Å². The normalized spacial score (nSPS) is 20.6. The van der Waals surface area contributed by atoms with Crippen molar-refractivity contribution >= 4 is 20.8 Å². The number of nitrogens with zero attached hydrogens (tertiary/aromatic N) is 2. The maximum Gasteiger partial charge on any atom is 0.212 e. The van der Waals surface area contributed by atoms with Gasteiger partial charge in [0.05, 0.1) is 11.8 Å². The van der Waals surface area contributed by atoms with E-state index in [-0.39, 0.29) is 6.04 Å². The van der Waals surface area contributed by atoms with Gasteiger partial charge in [-0.05, 0) is 38.8 Å². The van der Waals surface area contributed by atoms with Crippen molar-refractivity contribution in [2.45, 2.75) is 40.2 Å². The molecule has 2 nitrogen and oxygen atoms in total. The highest BCUT2D eigenvalue weighted by atomic mass is 15.4. The van der Waals surface area contributed by atoms with Crippen LogP contribution in [-0.2, 0) is 0 Å². The summed E-state index contributed by atoms with van der Waals surface area (Å²) in [6, 6.07) is 0.140. The molecule has 0 fully saturated rings. The van der Waals surface area contributed by atoms with Crippen LogP contribution >= 0.6 is 0 Å². The minimum atomic E-state index is 0.140. The van der Waals surface area contributed by atoms with Gasteiger partial charge in [0.1, 0.15) is 0 Å². The SMILES string of the molecule is [B][B]N1N=C(C(/C=C\C)=C/C=C\C)CC1C(/C=C\C=C/C)=C/C. The van der Waals surface area contributed by atoms with Crippen LogP contribution in [0.4, 0.5) is 0 Å². The van der Waals surface area contributed by atoms with E-state index in [0.29, 0.717) is 0 Å². The quantitative estimate of drug-likeness (QED) is 0.506. The van der Waals surface area contributed by atoms with Crippen LogP contribution in [0.3, 0.4) is 0 Å². The molecule has 1 unspecified atom stereocenters. The molecule has 1 atom stereocenters. The Labute approximate surface area is 143 Å². The van der Waals surface area contributed by atoms with E-state index in [1.807, 2.05) is 69.1 Å². The van der Waals surface area contributed by atoms with Crippen LogP contribution in [0, 0.1) is 0 Å². The van der Waals surface area contributed by atoms with E-state index in [9.17, 15) is 0 Å². The molecule has 1 rings (SSSR count). The second-order valence-electron chi connectivity index (χ2n) is 5.12. The number of hydrazone groups is 1. The van der Waals surface area contributed by atoms with Gasteiger partial charge in [-0.3, -0.25) is 0 Å². The lowest BCUT2D eigenvalue weighted by atomic mass is 9.65. The third kappa shape index (κ3) is 5.63. The van der Waals surface area contributed by atoms with Crippen LogP contribution in [0.25, 0.3) is 0 Å². The minimum Gasteiger partial charge on any atom is -0.349 e. The molecule has 0 amide bonds. The van der Waals surface area contributed by atoms with Crippen molar-refractivity contribution in [2.75, 3.05) is 0 Å². The highest BCUT2D eigenvalue weighted by Gasteiger charge is 2.27. The van der Waals surface area contributed by atoms with Gasteiger partial charge in [-0.1, -0.05) is 60.8 Å². The molecule has 0 saturated carbocycles. The monoisotopic (exact) mass is 303 g/mol. The summed E-state index contributed by atoms with van der Waals surface area (Å²) in [5.74, 6) is 0. The van der Waals surface area contributed by atoms with E-state index in [1.165, 1.54) is 5.57 Å². The summed E-state index contributed by atoms with van der Waals surface area (Å²) in [6.45, 7) is 8.07. The molecule has 0 bridgehead atoms. The van der Waals surface area contributed by atoms with Gasteiger partial charge in [0.15, 0.2) is 0 Å². The standard InChI is InChI=1S/C19H25B2N2/c1-5-9-11-14-16(8-4)19-15-18(22-23(19)21-20)17(12-7-3)13-10-6-2/h5-14,19H,15H2,1-4H3/b9-5-,10-6-,12-7-,14-11-,16-8+,17-13+. The zero-order chi connectivity index (χ0) is 17.1. The maximum absolute atomic E-state index is 5.79. The van der Waals surface area contributed by atoms with E-state index in [2.05, 4.69) is 29.4 Å². The number of allylic oxidation sites excluding steroid dienone is 10. The molecule has 0 aromatic carbocycles. The van der Waals surface area contributed by atoms with Gasteiger partial charge in [0.2, 0.25) is 7.31 Å². The molecule has 4 heteroatoms. The van der Waals surface area contributed by atoms with Gasteiger partial charge >= 0.3 is 0 Å². The van der Waals surface area contributed by atoms with E-state index < -0.39 is 0 Å². The predicted octanol–water partition coefficient (Wildman–Crippen LogP) is 4.28. The molecule has 0 N–H and O–H groups in total. The van der Waals surface area contributed by atoms with Crippen molar-refractivity contribution in [1.29, 1.82) is 0 Å². The minimum absolute atomic E-state index is 0.140. The summed E-state index contributed by atoms with van der Waals surface area (Å²) in [7, 11) is 7.33. The van der Waals surface area contributed by atoms with Crippen LogP contribution < -0.4 is 0 Å². The topological polar surface area (TPSA) is 15.6 Å². The Balaban J connectivity index is 3.05. The fraction of sp³-hybridized carbons (Fsp3) is 0.316. The van der Waals surface area contributed by atoms with Gasteiger partial charge in [-0.2, -0.15) is 5.10 Å². The molecule has 117 valence electrons. The first-order chi connectivity index (χ1) is 11.2. The molecule has 0 aromatic rings. The molecular formula is C19H25B2N2. The van der Waals surface area contributed by atoms with Crippen molar-refractivity contribution in [2.24, 2.45) is 5.10 Å². The van der Waals surface area contributed by atoms with Crippen LogP contribution in [0.15, 0.2) is 77.0 Å². The van der Waals surface area contributed by atoms with Gasteiger partial charge in [-0.15, -0.1) is 0 Å². The largest absolute Gasteiger partial charge is 0.349 e. The average molecular weight is 303 g/mol. The zero-order valence-electron chi connectivity index (χ0n) is 14.6. The van der Waals surface area contributed by atoms with E-state index in [0.717, 1.165) is 17.7 Å². The average Bonchev–Trinajstić information content (AvgIpc) is 2.99. The Morgan fingerprint density at radius 3 is 2.39 bits per heavy atom. The van der Waals surface area contributed by atoms with Gasteiger partial charge < -0.3 is 4.92 Å². The van der Waals surface area contributed by atoms with Gasteiger partial charge in [0.25, 0.3) is 0 Å². The molecule has 1 aliphatic heterocycles. The first kappa shape index (κ1) is 19.1. The second-order valence-corrected chi connectivity index (χ2v) is 5.12.